The monoisotopic (exact) mass is 274 g/mol. The van der Waals surface area contributed by atoms with Crippen molar-refractivity contribution >= 4 is 0 Å². The van der Waals surface area contributed by atoms with Crippen LogP contribution in [0.2, 0.25) is 0 Å². The lowest BCUT2D eigenvalue weighted by Gasteiger charge is -2.41. The number of aromatic hydroxyl groups is 1. The highest BCUT2D eigenvalue weighted by Crippen LogP contribution is 2.39. The summed E-state index contributed by atoms with van der Waals surface area (Å²) in [5.74, 6) is 0.490. The van der Waals surface area contributed by atoms with Gasteiger partial charge in [-0.1, -0.05) is 12.1 Å². The molecule has 3 rings (SSSR count). The maximum absolute atomic E-state index is 10.1. The van der Waals surface area contributed by atoms with Crippen LogP contribution < -0.4 is 0 Å². The van der Waals surface area contributed by atoms with E-state index in [1.54, 1.807) is 0 Å². The standard InChI is InChI=1S/C17H26N2O/c1-18-11-9-13(10-12-18)19(2)16-7-3-6-15-14(16)5-4-8-17(15)20/h4-5,8,13,16,20H,3,6-7,9-12H2,1-2H3. The summed E-state index contributed by atoms with van der Waals surface area (Å²) < 4.78 is 0. The van der Waals surface area contributed by atoms with Crippen molar-refractivity contribution in [1.82, 2.24) is 9.80 Å². The van der Waals surface area contributed by atoms with Crippen LogP contribution in [-0.4, -0.2) is 48.1 Å². The molecule has 0 bridgehead atoms. The lowest BCUT2D eigenvalue weighted by molar-refractivity contribution is 0.0981. The molecule has 1 fully saturated rings. The van der Waals surface area contributed by atoms with E-state index in [1.807, 2.05) is 12.1 Å². The summed E-state index contributed by atoms with van der Waals surface area (Å²) in [6.45, 7) is 2.41. The second-order valence-electron chi connectivity index (χ2n) is 6.45. The Morgan fingerprint density at radius 2 is 1.95 bits per heavy atom. The molecule has 1 aromatic carbocycles. The molecule has 0 saturated carbocycles. The summed E-state index contributed by atoms with van der Waals surface area (Å²) in [6, 6.07) is 7.21. The van der Waals surface area contributed by atoms with Crippen molar-refractivity contribution in [3.63, 3.8) is 0 Å². The molecule has 0 aromatic heterocycles. The average Bonchev–Trinajstić information content (AvgIpc) is 2.47. The van der Waals surface area contributed by atoms with Gasteiger partial charge in [0.25, 0.3) is 0 Å². The average molecular weight is 274 g/mol. The molecule has 1 aromatic rings. The molecule has 1 heterocycles. The van der Waals surface area contributed by atoms with Crippen molar-refractivity contribution in [1.29, 1.82) is 0 Å². The van der Waals surface area contributed by atoms with Crippen LogP contribution in [0.3, 0.4) is 0 Å². The quantitative estimate of drug-likeness (QED) is 0.898. The smallest absolute Gasteiger partial charge is 0.119 e. The van der Waals surface area contributed by atoms with Crippen LogP contribution in [0.25, 0.3) is 0 Å². The number of hydrogen-bond acceptors (Lipinski definition) is 3. The summed E-state index contributed by atoms with van der Waals surface area (Å²) in [4.78, 5) is 5.00. The molecule has 3 nitrogen and oxygen atoms in total. The van der Waals surface area contributed by atoms with Crippen LogP contribution in [0, 0.1) is 0 Å². The van der Waals surface area contributed by atoms with E-state index in [2.05, 4.69) is 30.0 Å². The molecule has 110 valence electrons. The zero-order chi connectivity index (χ0) is 14.1. The number of likely N-dealkylation sites (tertiary alicyclic amines) is 1. The summed E-state index contributed by atoms with van der Waals surface area (Å²) in [5.41, 5.74) is 2.54. The highest BCUT2D eigenvalue weighted by molar-refractivity contribution is 5.42. The molecule has 20 heavy (non-hydrogen) atoms. The van der Waals surface area contributed by atoms with Crippen molar-refractivity contribution in [3.05, 3.63) is 29.3 Å². The minimum absolute atomic E-state index is 0.485. The first kappa shape index (κ1) is 13.9. The largest absolute Gasteiger partial charge is 0.508 e. The van der Waals surface area contributed by atoms with Gasteiger partial charge in [-0.3, -0.25) is 4.90 Å². The first-order valence-corrected chi connectivity index (χ1v) is 7.88. The highest BCUT2D eigenvalue weighted by atomic mass is 16.3. The van der Waals surface area contributed by atoms with Crippen LogP contribution in [0.1, 0.15) is 42.9 Å². The van der Waals surface area contributed by atoms with Gasteiger partial charge in [-0.05, 0) is 76.5 Å². The number of piperidine rings is 1. The lowest BCUT2D eigenvalue weighted by Crippen LogP contribution is -2.44. The predicted molar refractivity (Wildman–Crippen MR) is 82.1 cm³/mol. The van der Waals surface area contributed by atoms with Gasteiger partial charge < -0.3 is 10.0 Å². The minimum Gasteiger partial charge on any atom is -0.508 e. The third kappa shape index (κ3) is 2.57. The van der Waals surface area contributed by atoms with E-state index in [0.29, 0.717) is 17.8 Å². The van der Waals surface area contributed by atoms with Crippen LogP contribution in [-0.2, 0) is 6.42 Å². The van der Waals surface area contributed by atoms with Gasteiger partial charge in [-0.2, -0.15) is 0 Å². The maximum atomic E-state index is 10.1. The topological polar surface area (TPSA) is 26.7 Å². The fourth-order valence-electron chi connectivity index (χ4n) is 3.88. The third-order valence-corrected chi connectivity index (χ3v) is 5.21. The zero-order valence-electron chi connectivity index (χ0n) is 12.7. The maximum Gasteiger partial charge on any atom is 0.119 e. The van der Waals surface area contributed by atoms with Crippen molar-refractivity contribution in [2.24, 2.45) is 0 Å². The van der Waals surface area contributed by atoms with Crippen molar-refractivity contribution in [3.8, 4) is 5.75 Å². The van der Waals surface area contributed by atoms with Crippen molar-refractivity contribution < 1.29 is 5.11 Å². The van der Waals surface area contributed by atoms with Gasteiger partial charge in [0.05, 0.1) is 0 Å². The lowest BCUT2D eigenvalue weighted by atomic mass is 9.85. The predicted octanol–water partition coefficient (Wildman–Crippen LogP) is 2.80. The second kappa shape index (κ2) is 5.74. The molecule has 1 aliphatic heterocycles. The molecule has 0 radical (unpaired) electrons. The molecule has 2 aliphatic rings. The number of phenolic OH excluding ortho intramolecular Hbond substituents is 1. The number of nitrogens with zero attached hydrogens (tertiary/aromatic N) is 2. The Morgan fingerprint density at radius 3 is 2.70 bits per heavy atom. The van der Waals surface area contributed by atoms with E-state index >= 15 is 0 Å². The van der Waals surface area contributed by atoms with Crippen LogP contribution in [0.4, 0.5) is 0 Å². The van der Waals surface area contributed by atoms with Crippen LogP contribution in [0.5, 0.6) is 5.75 Å². The highest BCUT2D eigenvalue weighted by Gasteiger charge is 2.30. The van der Waals surface area contributed by atoms with Gasteiger partial charge >= 0.3 is 0 Å². The molecular formula is C17H26N2O. The molecule has 0 amide bonds. The van der Waals surface area contributed by atoms with Gasteiger partial charge in [0, 0.05) is 12.1 Å². The summed E-state index contributed by atoms with van der Waals surface area (Å²) in [7, 11) is 4.49. The Balaban J connectivity index is 1.80. The zero-order valence-corrected chi connectivity index (χ0v) is 12.7. The summed E-state index contributed by atoms with van der Waals surface area (Å²) in [6.07, 6.45) is 5.96. The number of hydrogen-bond donors (Lipinski definition) is 1. The molecule has 1 aliphatic carbocycles. The Morgan fingerprint density at radius 1 is 1.20 bits per heavy atom. The van der Waals surface area contributed by atoms with Gasteiger partial charge in [0.2, 0.25) is 0 Å². The van der Waals surface area contributed by atoms with Crippen LogP contribution >= 0.6 is 0 Å². The normalized spacial score (nSPS) is 24.9. The number of phenols is 1. The van der Waals surface area contributed by atoms with Gasteiger partial charge in [0.15, 0.2) is 0 Å². The third-order valence-electron chi connectivity index (χ3n) is 5.21. The molecule has 0 spiro atoms. The first-order valence-electron chi connectivity index (χ1n) is 7.88. The second-order valence-corrected chi connectivity index (χ2v) is 6.45. The van der Waals surface area contributed by atoms with Gasteiger partial charge in [-0.25, -0.2) is 0 Å². The van der Waals surface area contributed by atoms with E-state index < -0.39 is 0 Å². The van der Waals surface area contributed by atoms with Crippen molar-refractivity contribution in [2.45, 2.75) is 44.2 Å². The fraction of sp³-hybridized carbons (Fsp3) is 0.647. The molecule has 1 unspecified atom stereocenters. The molecule has 1 atom stereocenters. The molecule has 1 saturated heterocycles. The van der Waals surface area contributed by atoms with Crippen molar-refractivity contribution in [2.75, 3.05) is 27.2 Å². The Bertz CT molecular complexity index is 466. The van der Waals surface area contributed by atoms with Crippen LogP contribution in [0.15, 0.2) is 18.2 Å². The Kier molecular flexibility index (Phi) is 3.99. The first-order chi connectivity index (χ1) is 9.66. The van der Waals surface area contributed by atoms with E-state index in [9.17, 15) is 5.11 Å². The SMILES string of the molecule is CN1CCC(N(C)C2CCCc3c(O)cccc32)CC1. The van der Waals surface area contributed by atoms with Gasteiger partial charge in [0.1, 0.15) is 5.75 Å². The molecule has 3 heteroatoms. The van der Waals surface area contributed by atoms with E-state index in [1.165, 1.54) is 49.9 Å². The minimum atomic E-state index is 0.485. The molecule has 1 N–H and O–H groups in total. The number of rotatable bonds is 2. The summed E-state index contributed by atoms with van der Waals surface area (Å²) >= 11 is 0. The Hall–Kier alpha value is -1.06. The number of benzene rings is 1. The fourth-order valence-corrected chi connectivity index (χ4v) is 3.88. The Labute approximate surface area is 122 Å². The summed E-state index contributed by atoms with van der Waals surface area (Å²) in [5, 5.41) is 10.1. The van der Waals surface area contributed by atoms with Gasteiger partial charge in [-0.15, -0.1) is 0 Å². The molecular weight excluding hydrogens is 248 g/mol. The number of fused-ring (bicyclic) bond motifs is 1. The van der Waals surface area contributed by atoms with E-state index in [-0.39, 0.29) is 0 Å². The van der Waals surface area contributed by atoms with E-state index in [0.717, 1.165) is 6.42 Å². The van der Waals surface area contributed by atoms with E-state index in [4.69, 9.17) is 0 Å².